The molecule has 116 valence electrons. The van der Waals surface area contributed by atoms with Crippen molar-refractivity contribution in [1.82, 2.24) is 0 Å². The summed E-state index contributed by atoms with van der Waals surface area (Å²) in [6, 6.07) is 3.58. The number of thiophene rings is 2. The Bertz CT molecular complexity index is 753. The lowest BCUT2D eigenvalue weighted by Crippen LogP contribution is -3.08. The molecule has 0 radical (unpaired) electrons. The molecule has 2 aromatic rings. The molecule has 2 aromatic heterocycles. The van der Waals surface area contributed by atoms with Gasteiger partial charge in [0.15, 0.2) is 0 Å². The molecule has 3 heterocycles. The SMILES string of the molecule is C[NH+]1CCc2c(sc(NC(=O)c3ccc(Br)s3)c2C(N)=O)C1. The third-order valence-corrected chi connectivity index (χ3v) is 6.40. The molecule has 0 bridgehead atoms. The summed E-state index contributed by atoms with van der Waals surface area (Å²) < 4.78 is 0.892. The van der Waals surface area contributed by atoms with Gasteiger partial charge in [-0.15, -0.1) is 22.7 Å². The predicted octanol–water partition coefficient (Wildman–Crippen LogP) is 1.49. The molecule has 1 aliphatic heterocycles. The fraction of sp³-hybridized carbons (Fsp3) is 0.286. The van der Waals surface area contributed by atoms with Crippen molar-refractivity contribution in [3.8, 4) is 0 Å². The number of carbonyl (C=O) groups is 2. The number of primary amides is 1. The Hall–Kier alpha value is -1.22. The molecule has 3 rings (SSSR count). The van der Waals surface area contributed by atoms with E-state index in [0.29, 0.717) is 15.4 Å². The van der Waals surface area contributed by atoms with Crippen LogP contribution in [0.15, 0.2) is 15.9 Å². The van der Waals surface area contributed by atoms with Crippen LogP contribution in [0.4, 0.5) is 5.00 Å². The van der Waals surface area contributed by atoms with Crippen LogP contribution >= 0.6 is 38.6 Å². The average molecular weight is 401 g/mol. The van der Waals surface area contributed by atoms with Crippen molar-refractivity contribution >= 4 is 55.4 Å². The molecule has 1 atom stereocenters. The minimum absolute atomic E-state index is 0.211. The highest BCUT2D eigenvalue weighted by Crippen LogP contribution is 2.35. The number of fused-ring (bicyclic) bond motifs is 1. The summed E-state index contributed by atoms with van der Waals surface area (Å²) in [4.78, 5) is 27.3. The monoisotopic (exact) mass is 400 g/mol. The van der Waals surface area contributed by atoms with Crippen LogP contribution in [0.2, 0.25) is 0 Å². The summed E-state index contributed by atoms with van der Waals surface area (Å²) >= 11 is 6.16. The molecule has 1 aliphatic rings. The average Bonchev–Trinajstić information content (AvgIpc) is 3.01. The van der Waals surface area contributed by atoms with Crippen molar-refractivity contribution in [3.05, 3.63) is 36.8 Å². The van der Waals surface area contributed by atoms with Gasteiger partial charge in [-0.3, -0.25) is 9.59 Å². The fourth-order valence-electron chi connectivity index (χ4n) is 2.57. The van der Waals surface area contributed by atoms with Gasteiger partial charge >= 0.3 is 0 Å². The minimum atomic E-state index is -0.472. The van der Waals surface area contributed by atoms with Crippen molar-refractivity contribution in [2.75, 3.05) is 18.9 Å². The van der Waals surface area contributed by atoms with Crippen LogP contribution in [0.25, 0.3) is 0 Å². The van der Waals surface area contributed by atoms with Gasteiger partial charge in [-0.25, -0.2) is 0 Å². The van der Waals surface area contributed by atoms with Crippen molar-refractivity contribution < 1.29 is 14.5 Å². The number of carbonyl (C=O) groups excluding carboxylic acids is 2. The van der Waals surface area contributed by atoms with E-state index in [1.807, 2.05) is 6.07 Å². The number of nitrogens with one attached hydrogen (secondary N) is 2. The highest BCUT2D eigenvalue weighted by Gasteiger charge is 2.28. The van der Waals surface area contributed by atoms with Crippen molar-refractivity contribution in [3.63, 3.8) is 0 Å². The Morgan fingerprint density at radius 1 is 1.36 bits per heavy atom. The summed E-state index contributed by atoms with van der Waals surface area (Å²) in [6.45, 7) is 1.83. The van der Waals surface area contributed by atoms with E-state index in [1.54, 1.807) is 6.07 Å². The van der Waals surface area contributed by atoms with E-state index in [0.717, 1.165) is 33.7 Å². The highest BCUT2D eigenvalue weighted by atomic mass is 79.9. The van der Waals surface area contributed by atoms with Crippen molar-refractivity contribution in [2.45, 2.75) is 13.0 Å². The molecule has 5 nitrogen and oxygen atoms in total. The summed E-state index contributed by atoms with van der Waals surface area (Å²) in [5, 5.41) is 3.42. The smallest absolute Gasteiger partial charge is 0.266 e. The molecule has 0 fully saturated rings. The standard InChI is InChI=1S/C14H14BrN3O2S2/c1-18-5-4-7-9(6-18)22-14(11(7)12(16)19)17-13(20)8-2-3-10(15)21-8/h2-3H,4-6H2,1H3,(H2,16,19)(H,17,20)/p+1. The van der Waals surface area contributed by atoms with Crippen LogP contribution in [0.3, 0.4) is 0 Å². The maximum Gasteiger partial charge on any atom is 0.266 e. The zero-order valence-corrected chi connectivity index (χ0v) is 15.1. The second-order valence-electron chi connectivity index (χ2n) is 5.26. The molecule has 0 aliphatic carbocycles. The Morgan fingerprint density at radius 2 is 2.14 bits per heavy atom. The fourth-order valence-corrected chi connectivity index (χ4v) is 5.21. The first-order chi connectivity index (χ1) is 10.5. The molecule has 1 unspecified atom stereocenters. The maximum absolute atomic E-state index is 12.3. The number of rotatable bonds is 3. The number of amides is 2. The van der Waals surface area contributed by atoms with Gasteiger partial charge in [0, 0.05) is 6.42 Å². The second kappa shape index (κ2) is 6.11. The zero-order valence-electron chi connectivity index (χ0n) is 11.9. The summed E-state index contributed by atoms with van der Waals surface area (Å²) in [7, 11) is 2.12. The van der Waals surface area contributed by atoms with Crippen LogP contribution in [-0.4, -0.2) is 25.4 Å². The van der Waals surface area contributed by atoms with Crippen LogP contribution in [0.5, 0.6) is 0 Å². The topological polar surface area (TPSA) is 76.6 Å². The van der Waals surface area contributed by atoms with E-state index in [1.165, 1.54) is 27.6 Å². The predicted molar refractivity (Wildman–Crippen MR) is 92.0 cm³/mol. The molecule has 0 saturated heterocycles. The van der Waals surface area contributed by atoms with E-state index in [4.69, 9.17) is 5.73 Å². The zero-order chi connectivity index (χ0) is 15.9. The van der Waals surface area contributed by atoms with Gasteiger partial charge in [0.1, 0.15) is 11.5 Å². The van der Waals surface area contributed by atoms with E-state index in [2.05, 4.69) is 28.3 Å². The van der Waals surface area contributed by atoms with Crippen molar-refractivity contribution in [1.29, 1.82) is 0 Å². The van der Waals surface area contributed by atoms with Gasteiger partial charge in [-0.05, 0) is 33.6 Å². The number of likely N-dealkylation sites (N-methyl/N-ethyl adjacent to an activating group) is 1. The Morgan fingerprint density at radius 3 is 2.77 bits per heavy atom. The van der Waals surface area contributed by atoms with Gasteiger partial charge in [0.2, 0.25) is 0 Å². The molecule has 8 heteroatoms. The lowest BCUT2D eigenvalue weighted by Gasteiger charge is -2.19. The van der Waals surface area contributed by atoms with Crippen LogP contribution in [0, 0.1) is 0 Å². The van der Waals surface area contributed by atoms with Gasteiger partial charge in [-0.2, -0.15) is 0 Å². The highest BCUT2D eigenvalue weighted by molar-refractivity contribution is 9.11. The lowest BCUT2D eigenvalue weighted by molar-refractivity contribution is -0.895. The molecular formula is C14H15BrN3O2S2+. The second-order valence-corrected chi connectivity index (χ2v) is 8.83. The molecule has 22 heavy (non-hydrogen) atoms. The van der Waals surface area contributed by atoms with Crippen LogP contribution in [0.1, 0.15) is 30.5 Å². The first kappa shape index (κ1) is 15.7. The Labute approximate surface area is 144 Å². The maximum atomic E-state index is 12.3. The van der Waals surface area contributed by atoms with E-state index < -0.39 is 5.91 Å². The molecule has 0 spiro atoms. The van der Waals surface area contributed by atoms with Crippen molar-refractivity contribution in [2.24, 2.45) is 5.73 Å². The molecule has 0 saturated carbocycles. The molecule has 0 aromatic carbocycles. The number of halogens is 1. The Kier molecular flexibility index (Phi) is 4.35. The van der Waals surface area contributed by atoms with E-state index in [-0.39, 0.29) is 5.91 Å². The normalized spacial score (nSPS) is 17.1. The van der Waals surface area contributed by atoms with Gasteiger partial charge < -0.3 is 16.0 Å². The number of hydrogen-bond acceptors (Lipinski definition) is 4. The molecular weight excluding hydrogens is 386 g/mol. The largest absolute Gasteiger partial charge is 0.365 e. The van der Waals surface area contributed by atoms with E-state index >= 15 is 0 Å². The number of nitrogens with two attached hydrogens (primary N) is 1. The summed E-state index contributed by atoms with van der Waals surface area (Å²) in [5.74, 6) is -0.683. The van der Waals surface area contributed by atoms with E-state index in [9.17, 15) is 9.59 Å². The quantitative estimate of drug-likeness (QED) is 0.729. The van der Waals surface area contributed by atoms with Gasteiger partial charge in [0.25, 0.3) is 11.8 Å². The molecule has 4 N–H and O–H groups in total. The third-order valence-electron chi connectivity index (χ3n) is 3.63. The summed E-state index contributed by atoms with van der Waals surface area (Å²) in [6.07, 6.45) is 0.816. The number of quaternary nitrogens is 1. The lowest BCUT2D eigenvalue weighted by atomic mass is 10.0. The minimum Gasteiger partial charge on any atom is -0.365 e. The first-order valence-electron chi connectivity index (χ1n) is 6.78. The first-order valence-corrected chi connectivity index (χ1v) is 9.20. The summed E-state index contributed by atoms with van der Waals surface area (Å²) in [5.41, 5.74) is 7.03. The van der Waals surface area contributed by atoms with Crippen LogP contribution in [-0.2, 0) is 13.0 Å². The third kappa shape index (κ3) is 2.96. The van der Waals surface area contributed by atoms with Gasteiger partial charge in [0.05, 0.1) is 32.7 Å². The van der Waals surface area contributed by atoms with Gasteiger partial charge in [-0.1, -0.05) is 0 Å². The van der Waals surface area contributed by atoms with Crippen LogP contribution < -0.4 is 16.0 Å². The molecule has 2 amide bonds. The number of anilines is 1. The Balaban J connectivity index is 1.93. The number of hydrogen-bond donors (Lipinski definition) is 3.